The van der Waals surface area contributed by atoms with Crippen molar-refractivity contribution < 1.29 is 13.7 Å². The van der Waals surface area contributed by atoms with Crippen molar-refractivity contribution in [1.82, 2.24) is 20.4 Å². The summed E-state index contributed by atoms with van der Waals surface area (Å²) >= 11 is 0. The second kappa shape index (κ2) is 5.55. The molecule has 2 aromatic rings. The zero-order valence-electron chi connectivity index (χ0n) is 12.2. The van der Waals surface area contributed by atoms with Crippen molar-refractivity contribution >= 4 is 5.91 Å². The smallest absolute Gasteiger partial charge is 0.273 e. The van der Waals surface area contributed by atoms with E-state index >= 15 is 0 Å². The van der Waals surface area contributed by atoms with Crippen LogP contribution < -0.4 is 5.32 Å². The molecule has 0 aromatic carbocycles. The fourth-order valence-corrected chi connectivity index (χ4v) is 2.84. The predicted molar refractivity (Wildman–Crippen MR) is 75.2 cm³/mol. The third kappa shape index (κ3) is 2.75. The van der Waals surface area contributed by atoms with Gasteiger partial charge in [-0.3, -0.25) is 4.79 Å². The quantitative estimate of drug-likeness (QED) is 0.912. The van der Waals surface area contributed by atoms with Crippen LogP contribution in [0.15, 0.2) is 15.2 Å². The number of hydrogen-bond acceptors (Lipinski definition) is 6. The molecule has 4 rings (SSSR count). The van der Waals surface area contributed by atoms with E-state index in [9.17, 15) is 4.79 Å². The van der Waals surface area contributed by atoms with Crippen LogP contribution in [0, 0.1) is 0 Å². The highest BCUT2D eigenvalue weighted by atomic mass is 16.5. The van der Waals surface area contributed by atoms with E-state index in [0.29, 0.717) is 35.1 Å². The summed E-state index contributed by atoms with van der Waals surface area (Å²) in [5.41, 5.74) is 0.307. The molecule has 0 spiro atoms. The Kier molecular flexibility index (Phi) is 3.40. The lowest BCUT2D eigenvalue weighted by Gasteiger charge is -2.00. The van der Waals surface area contributed by atoms with Crippen LogP contribution in [0.25, 0.3) is 0 Å². The van der Waals surface area contributed by atoms with Gasteiger partial charge in [-0.15, -0.1) is 0 Å². The van der Waals surface area contributed by atoms with Crippen LogP contribution in [0.5, 0.6) is 0 Å². The van der Waals surface area contributed by atoms with Gasteiger partial charge in [0.2, 0.25) is 5.89 Å². The van der Waals surface area contributed by atoms with E-state index in [0.717, 1.165) is 25.7 Å². The molecule has 22 heavy (non-hydrogen) atoms. The summed E-state index contributed by atoms with van der Waals surface area (Å²) in [6.07, 6.45) is 8.24. The average molecular weight is 302 g/mol. The maximum absolute atomic E-state index is 12.0. The molecule has 2 aromatic heterocycles. The minimum atomic E-state index is -0.275. The molecule has 7 nitrogen and oxygen atoms in total. The zero-order chi connectivity index (χ0) is 14.9. The molecule has 2 aliphatic carbocycles. The summed E-state index contributed by atoms with van der Waals surface area (Å²) in [6.45, 7) is 0.237. The predicted octanol–water partition coefficient (Wildman–Crippen LogP) is 2.52. The van der Waals surface area contributed by atoms with Crippen molar-refractivity contribution in [3.05, 3.63) is 29.6 Å². The largest absolute Gasteiger partial charge is 0.448 e. The molecule has 2 fully saturated rings. The molecule has 0 bridgehead atoms. The van der Waals surface area contributed by atoms with E-state index in [4.69, 9.17) is 8.94 Å². The molecule has 2 aliphatic rings. The lowest BCUT2D eigenvalue weighted by Crippen LogP contribution is -2.23. The SMILES string of the molecule is O=C(NCc1noc(C2CCCC2)n1)c1coc(C2CC2)n1. The summed E-state index contributed by atoms with van der Waals surface area (Å²) in [4.78, 5) is 20.6. The first-order valence-corrected chi connectivity index (χ1v) is 7.85. The number of hydrogen-bond donors (Lipinski definition) is 1. The van der Waals surface area contributed by atoms with Gasteiger partial charge in [0, 0.05) is 11.8 Å². The van der Waals surface area contributed by atoms with Crippen LogP contribution in [-0.2, 0) is 6.54 Å². The number of nitrogens with zero attached hydrogens (tertiary/aromatic N) is 3. The third-order valence-electron chi connectivity index (χ3n) is 4.28. The molecular weight excluding hydrogens is 284 g/mol. The average Bonchev–Trinajstić information content (AvgIpc) is 3.02. The molecule has 2 saturated carbocycles. The summed E-state index contributed by atoms with van der Waals surface area (Å²) in [5.74, 6) is 2.36. The first-order chi connectivity index (χ1) is 10.8. The Morgan fingerprint density at radius 3 is 2.68 bits per heavy atom. The Bertz CT molecular complexity index is 668. The minimum absolute atomic E-state index is 0.237. The third-order valence-corrected chi connectivity index (χ3v) is 4.28. The summed E-state index contributed by atoms with van der Waals surface area (Å²) in [5, 5.41) is 6.67. The van der Waals surface area contributed by atoms with E-state index in [1.807, 2.05) is 0 Å². The van der Waals surface area contributed by atoms with Crippen molar-refractivity contribution in [3.8, 4) is 0 Å². The molecule has 0 atom stereocenters. The number of nitrogens with one attached hydrogen (secondary N) is 1. The Morgan fingerprint density at radius 2 is 1.91 bits per heavy atom. The lowest BCUT2D eigenvalue weighted by atomic mass is 10.1. The number of oxazole rings is 1. The van der Waals surface area contributed by atoms with Gasteiger partial charge in [0.15, 0.2) is 17.4 Å². The summed E-state index contributed by atoms with van der Waals surface area (Å²) < 4.78 is 10.6. The van der Waals surface area contributed by atoms with Gasteiger partial charge in [0.1, 0.15) is 6.26 Å². The van der Waals surface area contributed by atoms with Gasteiger partial charge in [0.05, 0.1) is 6.54 Å². The summed E-state index contributed by atoms with van der Waals surface area (Å²) in [6, 6.07) is 0. The highest BCUT2D eigenvalue weighted by molar-refractivity contribution is 5.91. The van der Waals surface area contributed by atoms with E-state index in [-0.39, 0.29) is 12.5 Å². The van der Waals surface area contributed by atoms with Gasteiger partial charge >= 0.3 is 0 Å². The molecule has 0 aliphatic heterocycles. The van der Waals surface area contributed by atoms with Gasteiger partial charge in [-0.05, 0) is 25.7 Å². The molecule has 7 heteroatoms. The van der Waals surface area contributed by atoms with Gasteiger partial charge in [0.25, 0.3) is 5.91 Å². The van der Waals surface area contributed by atoms with Gasteiger partial charge in [-0.25, -0.2) is 4.98 Å². The zero-order valence-corrected chi connectivity index (χ0v) is 12.2. The second-order valence-corrected chi connectivity index (χ2v) is 6.06. The minimum Gasteiger partial charge on any atom is -0.448 e. The van der Waals surface area contributed by atoms with E-state index in [1.165, 1.54) is 19.1 Å². The number of carbonyl (C=O) groups excluding carboxylic acids is 1. The molecule has 0 saturated heterocycles. The highest BCUT2D eigenvalue weighted by Gasteiger charge is 2.29. The van der Waals surface area contributed by atoms with Crippen LogP contribution in [0.1, 0.15) is 78.5 Å². The van der Waals surface area contributed by atoms with Crippen LogP contribution >= 0.6 is 0 Å². The number of amides is 1. The molecule has 1 amide bonds. The van der Waals surface area contributed by atoms with E-state index in [1.54, 1.807) is 0 Å². The van der Waals surface area contributed by atoms with Crippen LogP contribution in [0.2, 0.25) is 0 Å². The fourth-order valence-electron chi connectivity index (χ4n) is 2.84. The number of carbonyl (C=O) groups is 1. The number of aromatic nitrogens is 3. The molecule has 1 N–H and O–H groups in total. The normalized spacial score (nSPS) is 18.7. The van der Waals surface area contributed by atoms with Crippen molar-refractivity contribution in [2.45, 2.75) is 56.9 Å². The molecular formula is C15H18N4O3. The van der Waals surface area contributed by atoms with Gasteiger partial charge in [-0.1, -0.05) is 18.0 Å². The molecule has 2 heterocycles. The van der Waals surface area contributed by atoms with E-state index in [2.05, 4.69) is 20.4 Å². The summed E-state index contributed by atoms with van der Waals surface area (Å²) in [7, 11) is 0. The standard InChI is InChI=1S/C15H18N4O3/c20-13(11-8-21-14(17-11)10-5-6-10)16-7-12-18-15(22-19-12)9-3-1-2-4-9/h8-10H,1-7H2,(H,16,20). The first kappa shape index (κ1) is 13.5. The molecule has 0 radical (unpaired) electrons. The maximum atomic E-state index is 12.0. The Balaban J connectivity index is 1.34. The Morgan fingerprint density at radius 1 is 1.14 bits per heavy atom. The van der Waals surface area contributed by atoms with Crippen molar-refractivity contribution in [1.29, 1.82) is 0 Å². The Hall–Kier alpha value is -2.18. The highest BCUT2D eigenvalue weighted by Crippen LogP contribution is 2.39. The fraction of sp³-hybridized carbons (Fsp3) is 0.600. The van der Waals surface area contributed by atoms with E-state index < -0.39 is 0 Å². The van der Waals surface area contributed by atoms with Crippen LogP contribution in [-0.4, -0.2) is 21.0 Å². The van der Waals surface area contributed by atoms with Crippen LogP contribution in [0.3, 0.4) is 0 Å². The van der Waals surface area contributed by atoms with Crippen molar-refractivity contribution in [2.24, 2.45) is 0 Å². The molecule has 0 unspecified atom stereocenters. The van der Waals surface area contributed by atoms with Crippen molar-refractivity contribution in [3.63, 3.8) is 0 Å². The van der Waals surface area contributed by atoms with Gasteiger partial charge < -0.3 is 14.3 Å². The first-order valence-electron chi connectivity index (χ1n) is 7.85. The van der Waals surface area contributed by atoms with Gasteiger partial charge in [-0.2, -0.15) is 4.98 Å². The van der Waals surface area contributed by atoms with Crippen LogP contribution in [0.4, 0.5) is 0 Å². The molecule has 116 valence electrons. The lowest BCUT2D eigenvalue weighted by molar-refractivity contribution is 0.0944. The topological polar surface area (TPSA) is 94.1 Å². The van der Waals surface area contributed by atoms with Crippen molar-refractivity contribution in [2.75, 3.05) is 0 Å². The monoisotopic (exact) mass is 302 g/mol. The Labute approximate surface area is 127 Å². The maximum Gasteiger partial charge on any atom is 0.273 e. The number of rotatable bonds is 5. The second-order valence-electron chi connectivity index (χ2n) is 6.06.